The molecule has 4 nitrogen and oxygen atoms in total. The Hall–Kier alpha value is -1.97. The molecule has 0 saturated heterocycles. The van der Waals surface area contributed by atoms with Crippen LogP contribution in [0.4, 0.5) is 0 Å². The van der Waals surface area contributed by atoms with Crippen LogP contribution in [-0.2, 0) is 0 Å². The van der Waals surface area contributed by atoms with Gasteiger partial charge in [-0.3, -0.25) is 4.98 Å². The van der Waals surface area contributed by atoms with E-state index in [1.165, 1.54) is 12.3 Å². The van der Waals surface area contributed by atoms with Gasteiger partial charge < -0.3 is 5.11 Å². The van der Waals surface area contributed by atoms with Crippen molar-refractivity contribution in [2.45, 2.75) is 0 Å². The molecule has 0 aliphatic carbocycles. The van der Waals surface area contributed by atoms with Crippen LogP contribution in [-0.4, -0.2) is 21.0 Å². The van der Waals surface area contributed by atoms with Gasteiger partial charge >= 0.3 is 5.97 Å². The van der Waals surface area contributed by atoms with Crippen molar-refractivity contribution in [1.82, 2.24) is 9.97 Å². The minimum absolute atomic E-state index is 0.154. The molecule has 1 N–H and O–H groups in total. The molecule has 1 aromatic heterocycles. The van der Waals surface area contributed by atoms with Gasteiger partial charge in [0.05, 0.1) is 17.3 Å². The minimum Gasteiger partial charge on any atom is -0.478 e. The van der Waals surface area contributed by atoms with E-state index in [4.69, 9.17) is 5.11 Å². The first-order valence-electron chi connectivity index (χ1n) is 3.64. The number of hydrogen-bond donors (Lipinski definition) is 1. The zero-order valence-corrected chi connectivity index (χ0v) is 6.56. The molecule has 0 aliphatic rings. The third kappa shape index (κ3) is 1.22. The van der Waals surface area contributed by atoms with Crippen molar-refractivity contribution in [3.05, 3.63) is 36.2 Å². The summed E-state index contributed by atoms with van der Waals surface area (Å²) in [5.41, 5.74) is 1.10. The van der Waals surface area contributed by atoms with Crippen LogP contribution in [0.1, 0.15) is 10.4 Å². The van der Waals surface area contributed by atoms with E-state index in [1.807, 2.05) is 0 Å². The Kier molecular flexibility index (Phi) is 1.66. The van der Waals surface area contributed by atoms with Gasteiger partial charge in [0.1, 0.15) is 11.7 Å². The van der Waals surface area contributed by atoms with Crippen LogP contribution < -0.4 is 0 Å². The zero-order chi connectivity index (χ0) is 9.26. The van der Waals surface area contributed by atoms with Gasteiger partial charge in [0.25, 0.3) is 0 Å². The van der Waals surface area contributed by atoms with Crippen LogP contribution in [0.5, 0.6) is 0 Å². The summed E-state index contributed by atoms with van der Waals surface area (Å²) in [6.07, 6.45) is 3.92. The fourth-order valence-corrected chi connectivity index (χ4v) is 1.12. The monoisotopic (exact) mass is 173 g/mol. The van der Waals surface area contributed by atoms with Gasteiger partial charge in [0, 0.05) is 0 Å². The molecule has 1 aromatic carbocycles. The fraction of sp³-hybridized carbons (Fsp3) is 0. The molecular formula is C9H5N2O2. The standard InChI is InChI=1S/C9H5N2O2/c12-9(13)6-2-1-3-7-8(6)11-5-4-10-7/h1-4H,(H,12,13). The molecule has 0 aliphatic heterocycles. The van der Waals surface area contributed by atoms with Crippen molar-refractivity contribution in [2.24, 2.45) is 0 Å². The minimum atomic E-state index is -1.00. The lowest BCUT2D eigenvalue weighted by Gasteiger charge is -1.98. The Morgan fingerprint density at radius 2 is 2.31 bits per heavy atom. The molecule has 13 heavy (non-hydrogen) atoms. The van der Waals surface area contributed by atoms with Gasteiger partial charge in [0.15, 0.2) is 0 Å². The Morgan fingerprint density at radius 3 is 3.08 bits per heavy atom. The predicted octanol–water partition coefficient (Wildman–Crippen LogP) is 1.13. The summed E-state index contributed by atoms with van der Waals surface area (Å²) >= 11 is 0. The van der Waals surface area contributed by atoms with E-state index in [1.54, 1.807) is 12.1 Å². The number of carbonyl (C=O) groups is 1. The Balaban J connectivity index is 2.83. The van der Waals surface area contributed by atoms with E-state index in [0.29, 0.717) is 11.0 Å². The predicted molar refractivity (Wildman–Crippen MR) is 45.3 cm³/mol. The molecule has 0 atom stereocenters. The lowest BCUT2D eigenvalue weighted by Crippen LogP contribution is -1.99. The van der Waals surface area contributed by atoms with Crippen molar-refractivity contribution < 1.29 is 9.90 Å². The van der Waals surface area contributed by atoms with E-state index in [0.717, 1.165) is 0 Å². The summed E-state index contributed by atoms with van der Waals surface area (Å²) in [5.74, 6) is -1.00. The van der Waals surface area contributed by atoms with Crippen molar-refractivity contribution in [2.75, 3.05) is 0 Å². The molecule has 1 radical (unpaired) electrons. The molecule has 2 rings (SSSR count). The lowest BCUT2D eigenvalue weighted by atomic mass is 10.2. The molecule has 4 heteroatoms. The van der Waals surface area contributed by atoms with Gasteiger partial charge in [-0.25, -0.2) is 9.78 Å². The number of aromatic carboxylic acids is 1. The van der Waals surface area contributed by atoms with Crippen molar-refractivity contribution in [3.63, 3.8) is 0 Å². The Morgan fingerprint density at radius 1 is 1.46 bits per heavy atom. The largest absolute Gasteiger partial charge is 0.478 e. The van der Waals surface area contributed by atoms with E-state index in [-0.39, 0.29) is 5.56 Å². The molecule has 0 bridgehead atoms. The molecule has 0 unspecified atom stereocenters. The smallest absolute Gasteiger partial charge is 0.337 e. The third-order valence-corrected chi connectivity index (χ3v) is 1.68. The number of rotatable bonds is 1. The van der Waals surface area contributed by atoms with Crippen molar-refractivity contribution in [3.8, 4) is 0 Å². The van der Waals surface area contributed by atoms with Crippen LogP contribution >= 0.6 is 0 Å². The van der Waals surface area contributed by atoms with Crippen molar-refractivity contribution in [1.29, 1.82) is 0 Å². The SMILES string of the molecule is O=C(O)c1cccc2nc[c]nc12. The topological polar surface area (TPSA) is 63.1 Å². The number of fused-ring (bicyclic) bond motifs is 1. The summed E-state index contributed by atoms with van der Waals surface area (Å²) in [4.78, 5) is 18.5. The molecule has 0 spiro atoms. The molecule has 0 saturated carbocycles. The fourth-order valence-electron chi connectivity index (χ4n) is 1.12. The summed E-state index contributed by atoms with van der Waals surface area (Å²) in [6, 6.07) is 4.84. The van der Waals surface area contributed by atoms with Gasteiger partial charge in [-0.2, -0.15) is 0 Å². The highest BCUT2D eigenvalue weighted by Crippen LogP contribution is 2.12. The van der Waals surface area contributed by atoms with E-state index >= 15 is 0 Å². The highest BCUT2D eigenvalue weighted by molar-refractivity contribution is 6.00. The first-order chi connectivity index (χ1) is 6.29. The van der Waals surface area contributed by atoms with Crippen LogP contribution in [0.2, 0.25) is 0 Å². The molecule has 0 fully saturated rings. The zero-order valence-electron chi connectivity index (χ0n) is 6.56. The number of benzene rings is 1. The number of para-hydroxylation sites is 1. The maximum absolute atomic E-state index is 10.7. The number of aromatic nitrogens is 2. The molecular weight excluding hydrogens is 168 g/mol. The molecule has 63 valence electrons. The molecule has 2 aromatic rings. The van der Waals surface area contributed by atoms with Gasteiger partial charge in [0.2, 0.25) is 0 Å². The maximum Gasteiger partial charge on any atom is 0.337 e. The van der Waals surface area contributed by atoms with Crippen LogP contribution in [0.25, 0.3) is 11.0 Å². The highest BCUT2D eigenvalue weighted by Gasteiger charge is 2.08. The van der Waals surface area contributed by atoms with Crippen LogP contribution in [0.15, 0.2) is 24.4 Å². The normalized spacial score (nSPS) is 10.2. The number of nitrogens with zero attached hydrogens (tertiary/aromatic N) is 2. The van der Waals surface area contributed by atoms with Gasteiger partial charge in [-0.1, -0.05) is 6.07 Å². The first kappa shape index (κ1) is 7.67. The van der Waals surface area contributed by atoms with Gasteiger partial charge in [-0.05, 0) is 12.1 Å². The second-order valence-electron chi connectivity index (χ2n) is 2.48. The molecule has 0 amide bonds. The van der Waals surface area contributed by atoms with Crippen LogP contribution in [0, 0.1) is 6.20 Å². The van der Waals surface area contributed by atoms with E-state index < -0.39 is 5.97 Å². The average Bonchev–Trinajstić information content (AvgIpc) is 2.17. The summed E-state index contributed by atoms with van der Waals surface area (Å²) in [6.45, 7) is 0. The number of hydrogen-bond acceptors (Lipinski definition) is 3. The highest BCUT2D eigenvalue weighted by atomic mass is 16.4. The lowest BCUT2D eigenvalue weighted by molar-refractivity contribution is 0.0699. The second kappa shape index (κ2) is 2.82. The second-order valence-corrected chi connectivity index (χ2v) is 2.48. The van der Waals surface area contributed by atoms with E-state index in [2.05, 4.69) is 16.2 Å². The third-order valence-electron chi connectivity index (χ3n) is 1.68. The number of carboxylic acids is 1. The van der Waals surface area contributed by atoms with E-state index in [9.17, 15) is 4.79 Å². The summed E-state index contributed by atoms with van der Waals surface area (Å²) < 4.78 is 0. The summed E-state index contributed by atoms with van der Waals surface area (Å²) in [5, 5.41) is 8.80. The number of carboxylic acid groups (broad SMARTS) is 1. The first-order valence-corrected chi connectivity index (χ1v) is 3.64. The summed E-state index contributed by atoms with van der Waals surface area (Å²) in [7, 11) is 0. The molecule has 1 heterocycles. The van der Waals surface area contributed by atoms with Gasteiger partial charge in [-0.15, -0.1) is 0 Å². The van der Waals surface area contributed by atoms with Crippen LogP contribution in [0.3, 0.4) is 0 Å². The Bertz CT molecular complexity index is 463. The Labute approximate surface area is 73.9 Å². The maximum atomic E-state index is 10.7. The van der Waals surface area contributed by atoms with Crippen molar-refractivity contribution >= 4 is 17.0 Å². The quantitative estimate of drug-likeness (QED) is 0.702. The average molecular weight is 173 g/mol.